The normalized spacial score (nSPS) is 10.7. The Bertz CT molecular complexity index is 792. The van der Waals surface area contributed by atoms with Gasteiger partial charge >= 0.3 is 0 Å². The van der Waals surface area contributed by atoms with E-state index in [0.29, 0.717) is 11.0 Å². The number of hydrogen-bond acceptors (Lipinski definition) is 4. The van der Waals surface area contributed by atoms with Gasteiger partial charge in [0.25, 0.3) is 5.88 Å². The molecule has 2 aromatic carbocycles. The maximum Gasteiger partial charge on any atom is 0.263 e. The van der Waals surface area contributed by atoms with Gasteiger partial charge in [-0.1, -0.05) is 12.1 Å². The van der Waals surface area contributed by atoms with E-state index in [-0.39, 0.29) is 17.4 Å². The highest BCUT2D eigenvalue weighted by Gasteiger charge is 2.11. The molecule has 0 aliphatic heterocycles. The van der Waals surface area contributed by atoms with E-state index in [1.807, 2.05) is 0 Å². The van der Waals surface area contributed by atoms with Crippen molar-refractivity contribution in [3.05, 3.63) is 54.1 Å². The summed E-state index contributed by atoms with van der Waals surface area (Å²) in [5.41, 5.74) is 6.90. The first kappa shape index (κ1) is 12.3. The molecule has 6 heteroatoms. The van der Waals surface area contributed by atoms with E-state index in [2.05, 4.69) is 9.97 Å². The number of nitrogen functional groups attached to an aromatic ring is 1. The van der Waals surface area contributed by atoms with Gasteiger partial charge in [0.1, 0.15) is 5.82 Å². The molecular formula is C14H9F2N3O. The van der Waals surface area contributed by atoms with Crippen LogP contribution in [0, 0.1) is 11.6 Å². The lowest BCUT2D eigenvalue weighted by Crippen LogP contribution is -2.00. The third-order valence-corrected chi connectivity index (χ3v) is 2.66. The molecule has 0 amide bonds. The minimum absolute atomic E-state index is 0.0193. The van der Waals surface area contributed by atoms with Gasteiger partial charge in [0.2, 0.25) is 0 Å². The number of ether oxygens (including phenoxy) is 1. The minimum atomic E-state index is -0.834. The summed E-state index contributed by atoms with van der Waals surface area (Å²) in [6.07, 6.45) is 0. The summed E-state index contributed by atoms with van der Waals surface area (Å²) in [4.78, 5) is 8.28. The number of hydrogen-bond donors (Lipinski definition) is 1. The third kappa shape index (κ3) is 2.23. The Labute approximate surface area is 112 Å². The number of nitrogens with two attached hydrogens (primary N) is 1. The van der Waals surface area contributed by atoms with Crippen molar-refractivity contribution in [1.29, 1.82) is 0 Å². The SMILES string of the molecule is Nc1nc2ccccc2nc1Oc1ccc(F)cc1F. The number of fused-ring (bicyclic) bond motifs is 1. The highest BCUT2D eigenvalue weighted by atomic mass is 19.1. The summed E-state index contributed by atoms with van der Waals surface area (Å²) in [5.74, 6) is -1.67. The van der Waals surface area contributed by atoms with Crippen LogP contribution >= 0.6 is 0 Å². The van der Waals surface area contributed by atoms with Gasteiger partial charge in [0.05, 0.1) is 11.0 Å². The Morgan fingerprint density at radius 1 is 0.950 bits per heavy atom. The van der Waals surface area contributed by atoms with Crippen molar-refractivity contribution in [1.82, 2.24) is 9.97 Å². The van der Waals surface area contributed by atoms with Crippen LogP contribution in [0.25, 0.3) is 11.0 Å². The second-order valence-corrected chi connectivity index (χ2v) is 4.08. The van der Waals surface area contributed by atoms with Gasteiger partial charge in [-0.3, -0.25) is 0 Å². The molecule has 1 heterocycles. The average Bonchev–Trinajstić information content (AvgIpc) is 2.42. The van der Waals surface area contributed by atoms with E-state index >= 15 is 0 Å². The van der Waals surface area contributed by atoms with Crippen molar-refractivity contribution in [2.24, 2.45) is 0 Å². The van der Waals surface area contributed by atoms with Crippen LogP contribution in [-0.4, -0.2) is 9.97 Å². The van der Waals surface area contributed by atoms with Crippen molar-refractivity contribution in [2.45, 2.75) is 0 Å². The molecule has 0 aliphatic rings. The van der Waals surface area contributed by atoms with E-state index in [1.165, 1.54) is 6.07 Å². The van der Waals surface area contributed by atoms with Crippen LogP contribution in [0.3, 0.4) is 0 Å². The fourth-order valence-corrected chi connectivity index (χ4v) is 1.73. The molecule has 0 atom stereocenters. The zero-order chi connectivity index (χ0) is 14.1. The lowest BCUT2D eigenvalue weighted by molar-refractivity contribution is 0.426. The predicted octanol–water partition coefficient (Wildman–Crippen LogP) is 3.28. The smallest absolute Gasteiger partial charge is 0.263 e. The summed E-state index contributed by atoms with van der Waals surface area (Å²) in [5, 5.41) is 0. The second kappa shape index (κ2) is 4.73. The molecule has 0 spiro atoms. The maximum absolute atomic E-state index is 13.5. The highest BCUT2D eigenvalue weighted by Crippen LogP contribution is 2.28. The topological polar surface area (TPSA) is 61.0 Å². The van der Waals surface area contributed by atoms with Crippen LogP contribution < -0.4 is 10.5 Å². The van der Waals surface area contributed by atoms with Crippen molar-refractivity contribution < 1.29 is 13.5 Å². The first-order valence-electron chi connectivity index (χ1n) is 5.78. The summed E-state index contributed by atoms with van der Waals surface area (Å²) in [7, 11) is 0. The van der Waals surface area contributed by atoms with Crippen LogP contribution in [0.5, 0.6) is 11.6 Å². The minimum Gasteiger partial charge on any atom is -0.433 e. The molecule has 2 N–H and O–H groups in total. The second-order valence-electron chi connectivity index (χ2n) is 4.08. The summed E-state index contributed by atoms with van der Waals surface area (Å²) < 4.78 is 31.6. The number of aromatic nitrogens is 2. The van der Waals surface area contributed by atoms with Gasteiger partial charge in [-0.25, -0.2) is 18.7 Å². The van der Waals surface area contributed by atoms with Crippen LogP contribution in [-0.2, 0) is 0 Å². The van der Waals surface area contributed by atoms with Gasteiger partial charge in [0, 0.05) is 6.07 Å². The lowest BCUT2D eigenvalue weighted by atomic mass is 10.3. The number of halogens is 2. The first-order valence-corrected chi connectivity index (χ1v) is 5.78. The van der Waals surface area contributed by atoms with Gasteiger partial charge < -0.3 is 10.5 Å². The third-order valence-electron chi connectivity index (χ3n) is 2.66. The molecule has 0 saturated heterocycles. The van der Waals surface area contributed by atoms with Gasteiger partial charge in [-0.05, 0) is 24.3 Å². The van der Waals surface area contributed by atoms with E-state index in [0.717, 1.165) is 12.1 Å². The molecule has 4 nitrogen and oxygen atoms in total. The Morgan fingerprint density at radius 2 is 1.65 bits per heavy atom. The Kier molecular flexibility index (Phi) is 2.90. The number of rotatable bonds is 2. The quantitative estimate of drug-likeness (QED) is 0.778. The largest absolute Gasteiger partial charge is 0.433 e. The molecule has 100 valence electrons. The molecule has 0 saturated carbocycles. The first-order chi connectivity index (χ1) is 9.63. The molecule has 0 aliphatic carbocycles. The number of nitrogens with zero attached hydrogens (tertiary/aromatic N) is 2. The van der Waals surface area contributed by atoms with Crippen molar-refractivity contribution in [2.75, 3.05) is 5.73 Å². The van der Waals surface area contributed by atoms with Crippen LogP contribution in [0.4, 0.5) is 14.6 Å². The Balaban J connectivity index is 2.03. The lowest BCUT2D eigenvalue weighted by Gasteiger charge is -2.08. The number of para-hydroxylation sites is 2. The molecule has 3 rings (SSSR count). The standard InChI is InChI=1S/C14H9F2N3O/c15-8-5-6-12(9(16)7-8)20-14-13(17)18-10-3-1-2-4-11(10)19-14/h1-7H,(H2,17,18). The van der Waals surface area contributed by atoms with Crippen LogP contribution in [0.15, 0.2) is 42.5 Å². The van der Waals surface area contributed by atoms with Crippen molar-refractivity contribution >= 4 is 16.9 Å². The van der Waals surface area contributed by atoms with Gasteiger partial charge in [-0.15, -0.1) is 0 Å². The van der Waals surface area contributed by atoms with Gasteiger partial charge in [-0.2, -0.15) is 0 Å². The summed E-state index contributed by atoms with van der Waals surface area (Å²) >= 11 is 0. The Morgan fingerprint density at radius 3 is 2.35 bits per heavy atom. The number of benzene rings is 2. The van der Waals surface area contributed by atoms with Crippen molar-refractivity contribution in [3.63, 3.8) is 0 Å². The van der Waals surface area contributed by atoms with Crippen LogP contribution in [0.2, 0.25) is 0 Å². The summed E-state index contributed by atoms with van der Waals surface area (Å²) in [6.45, 7) is 0. The highest BCUT2D eigenvalue weighted by molar-refractivity contribution is 5.76. The monoisotopic (exact) mass is 273 g/mol. The molecule has 0 radical (unpaired) electrons. The molecule has 1 aromatic heterocycles. The fourth-order valence-electron chi connectivity index (χ4n) is 1.73. The molecule has 0 unspecified atom stereocenters. The summed E-state index contributed by atoms with van der Waals surface area (Å²) in [6, 6.07) is 10.0. The molecule has 0 fully saturated rings. The fraction of sp³-hybridized carbons (Fsp3) is 0. The molecular weight excluding hydrogens is 264 g/mol. The molecule has 3 aromatic rings. The zero-order valence-electron chi connectivity index (χ0n) is 10.2. The predicted molar refractivity (Wildman–Crippen MR) is 70.4 cm³/mol. The van der Waals surface area contributed by atoms with E-state index < -0.39 is 11.6 Å². The Hall–Kier alpha value is -2.76. The van der Waals surface area contributed by atoms with Crippen LogP contribution in [0.1, 0.15) is 0 Å². The number of anilines is 1. The van der Waals surface area contributed by atoms with E-state index in [1.54, 1.807) is 24.3 Å². The molecule has 20 heavy (non-hydrogen) atoms. The average molecular weight is 273 g/mol. The van der Waals surface area contributed by atoms with E-state index in [4.69, 9.17) is 10.5 Å². The maximum atomic E-state index is 13.5. The van der Waals surface area contributed by atoms with E-state index in [9.17, 15) is 8.78 Å². The zero-order valence-corrected chi connectivity index (χ0v) is 10.2. The van der Waals surface area contributed by atoms with Gasteiger partial charge in [0.15, 0.2) is 17.4 Å². The molecule has 0 bridgehead atoms. The van der Waals surface area contributed by atoms with Crippen molar-refractivity contribution in [3.8, 4) is 11.6 Å².